The number of nitrogens with one attached hydrogen (secondary N) is 1. The number of ether oxygens (including phenoxy) is 2. The molecule has 1 saturated heterocycles. The molecule has 2 heterocycles. The minimum atomic E-state index is -0.163. The molecule has 2 aliphatic rings. The summed E-state index contributed by atoms with van der Waals surface area (Å²) in [6.07, 6.45) is 0.846. The largest absolute Gasteiger partial charge is 0.490 e. The van der Waals surface area contributed by atoms with E-state index in [1.807, 2.05) is 30.3 Å². The maximum Gasteiger partial charge on any atom is 0.238 e. The third-order valence-electron chi connectivity index (χ3n) is 5.22. The van der Waals surface area contributed by atoms with Gasteiger partial charge in [-0.1, -0.05) is 18.2 Å². The summed E-state index contributed by atoms with van der Waals surface area (Å²) in [6.45, 7) is 5.37. The number of carbonyl (C=O) groups excluding carboxylic acids is 1. The van der Waals surface area contributed by atoms with Gasteiger partial charge in [0.2, 0.25) is 5.91 Å². The Morgan fingerprint density at radius 3 is 2.48 bits per heavy atom. The van der Waals surface area contributed by atoms with E-state index in [1.165, 1.54) is 6.07 Å². The molecule has 2 aliphatic heterocycles. The van der Waals surface area contributed by atoms with Crippen LogP contribution in [0.4, 0.5) is 10.1 Å². The summed E-state index contributed by atoms with van der Waals surface area (Å²) >= 11 is 0. The van der Waals surface area contributed by atoms with Crippen LogP contribution in [0, 0.1) is 5.82 Å². The molecular formula is C22H26FN3O3. The first-order valence-corrected chi connectivity index (χ1v) is 10.0. The van der Waals surface area contributed by atoms with Crippen molar-refractivity contribution in [1.29, 1.82) is 0 Å². The van der Waals surface area contributed by atoms with E-state index in [4.69, 9.17) is 9.47 Å². The van der Waals surface area contributed by atoms with Crippen LogP contribution in [0.15, 0.2) is 42.5 Å². The summed E-state index contributed by atoms with van der Waals surface area (Å²) in [5.41, 5.74) is 1.42. The number of hydrogen-bond donors (Lipinski definition) is 1. The highest BCUT2D eigenvalue weighted by molar-refractivity contribution is 5.92. The molecule has 0 aromatic heterocycles. The fraction of sp³-hybridized carbons (Fsp3) is 0.409. The average molecular weight is 399 g/mol. The Balaban J connectivity index is 1.25. The molecule has 0 aliphatic carbocycles. The van der Waals surface area contributed by atoms with Crippen molar-refractivity contribution in [3.05, 3.63) is 53.8 Å². The Bertz CT molecular complexity index is 853. The summed E-state index contributed by atoms with van der Waals surface area (Å²) in [5.74, 6) is 1.17. The Kier molecular flexibility index (Phi) is 6.27. The summed E-state index contributed by atoms with van der Waals surface area (Å²) in [6, 6.07) is 12.4. The number of anilines is 1. The van der Waals surface area contributed by atoms with E-state index >= 15 is 0 Å². The van der Waals surface area contributed by atoms with Crippen LogP contribution in [0.5, 0.6) is 11.5 Å². The number of hydrogen-bond acceptors (Lipinski definition) is 5. The molecule has 0 radical (unpaired) electrons. The number of amides is 1. The first-order valence-electron chi connectivity index (χ1n) is 10.0. The Morgan fingerprint density at radius 2 is 1.69 bits per heavy atom. The topological polar surface area (TPSA) is 54.0 Å². The fourth-order valence-electron chi connectivity index (χ4n) is 3.62. The molecule has 1 fully saturated rings. The van der Waals surface area contributed by atoms with Crippen molar-refractivity contribution in [3.8, 4) is 11.5 Å². The first-order chi connectivity index (χ1) is 14.2. The van der Waals surface area contributed by atoms with E-state index in [-0.39, 0.29) is 11.7 Å². The smallest absolute Gasteiger partial charge is 0.238 e. The van der Waals surface area contributed by atoms with Gasteiger partial charge in [-0.15, -0.1) is 0 Å². The molecule has 2 aromatic carbocycles. The predicted molar refractivity (Wildman–Crippen MR) is 109 cm³/mol. The maximum atomic E-state index is 13.8. The third kappa shape index (κ3) is 5.25. The first kappa shape index (κ1) is 19.7. The number of halogens is 1. The second kappa shape index (κ2) is 9.24. The Hall–Kier alpha value is -2.64. The standard InChI is InChI=1S/C22H26FN3O3/c23-19-5-2-1-4-17(19)15-25-8-10-26(11-9-25)16-22(27)24-18-6-7-20-21(14-18)29-13-3-12-28-20/h1-2,4-7,14H,3,8-13,15-16H2,(H,24,27). The van der Waals surface area contributed by atoms with Crippen LogP contribution >= 0.6 is 0 Å². The molecular weight excluding hydrogens is 373 g/mol. The van der Waals surface area contributed by atoms with Gasteiger partial charge in [-0.25, -0.2) is 4.39 Å². The van der Waals surface area contributed by atoms with Crippen LogP contribution in [-0.4, -0.2) is 61.6 Å². The molecule has 0 bridgehead atoms. The second-order valence-corrected chi connectivity index (χ2v) is 7.40. The van der Waals surface area contributed by atoms with Gasteiger partial charge in [-0.3, -0.25) is 14.6 Å². The van der Waals surface area contributed by atoms with E-state index in [2.05, 4.69) is 15.1 Å². The van der Waals surface area contributed by atoms with Crippen molar-refractivity contribution in [3.63, 3.8) is 0 Å². The highest BCUT2D eigenvalue weighted by Crippen LogP contribution is 2.32. The van der Waals surface area contributed by atoms with Gasteiger partial charge in [0.1, 0.15) is 5.82 Å². The molecule has 4 rings (SSSR count). The Labute approximate surface area is 170 Å². The highest BCUT2D eigenvalue weighted by atomic mass is 19.1. The van der Waals surface area contributed by atoms with Crippen molar-refractivity contribution in [2.75, 3.05) is 51.3 Å². The van der Waals surface area contributed by atoms with Crippen LogP contribution in [-0.2, 0) is 11.3 Å². The van der Waals surface area contributed by atoms with E-state index < -0.39 is 0 Å². The highest BCUT2D eigenvalue weighted by Gasteiger charge is 2.20. The summed E-state index contributed by atoms with van der Waals surface area (Å²) in [5, 5.41) is 2.94. The zero-order chi connectivity index (χ0) is 20.1. The van der Waals surface area contributed by atoms with Crippen LogP contribution in [0.3, 0.4) is 0 Å². The van der Waals surface area contributed by atoms with Crippen molar-refractivity contribution in [1.82, 2.24) is 9.80 Å². The van der Waals surface area contributed by atoms with Gasteiger partial charge in [0, 0.05) is 56.5 Å². The van der Waals surface area contributed by atoms with Crippen LogP contribution in [0.1, 0.15) is 12.0 Å². The normalized spacial score (nSPS) is 17.6. The van der Waals surface area contributed by atoms with E-state index in [0.717, 1.165) is 32.6 Å². The summed E-state index contributed by atoms with van der Waals surface area (Å²) < 4.78 is 25.1. The fourth-order valence-corrected chi connectivity index (χ4v) is 3.62. The van der Waals surface area contributed by atoms with Gasteiger partial charge in [0.15, 0.2) is 11.5 Å². The zero-order valence-corrected chi connectivity index (χ0v) is 16.4. The average Bonchev–Trinajstić information content (AvgIpc) is 2.96. The molecule has 0 atom stereocenters. The van der Waals surface area contributed by atoms with Crippen LogP contribution < -0.4 is 14.8 Å². The lowest BCUT2D eigenvalue weighted by Gasteiger charge is -2.34. The lowest BCUT2D eigenvalue weighted by Crippen LogP contribution is -2.48. The number of nitrogens with zero attached hydrogens (tertiary/aromatic N) is 2. The van der Waals surface area contributed by atoms with Gasteiger partial charge in [0.05, 0.1) is 19.8 Å². The van der Waals surface area contributed by atoms with E-state index in [1.54, 1.807) is 6.07 Å². The molecule has 0 spiro atoms. The lowest BCUT2D eigenvalue weighted by atomic mass is 10.2. The molecule has 0 unspecified atom stereocenters. The third-order valence-corrected chi connectivity index (χ3v) is 5.22. The minimum absolute atomic E-state index is 0.0537. The number of benzene rings is 2. The molecule has 0 saturated carbocycles. The van der Waals surface area contributed by atoms with Gasteiger partial charge in [-0.05, 0) is 18.2 Å². The van der Waals surface area contributed by atoms with Gasteiger partial charge < -0.3 is 14.8 Å². The van der Waals surface area contributed by atoms with Crippen molar-refractivity contribution >= 4 is 11.6 Å². The lowest BCUT2D eigenvalue weighted by molar-refractivity contribution is -0.117. The molecule has 1 N–H and O–H groups in total. The number of carbonyl (C=O) groups is 1. The molecule has 29 heavy (non-hydrogen) atoms. The number of piperazine rings is 1. The molecule has 6 nitrogen and oxygen atoms in total. The Morgan fingerprint density at radius 1 is 0.966 bits per heavy atom. The summed E-state index contributed by atoms with van der Waals surface area (Å²) in [4.78, 5) is 16.8. The zero-order valence-electron chi connectivity index (χ0n) is 16.4. The van der Waals surface area contributed by atoms with Crippen molar-refractivity contribution < 1.29 is 18.7 Å². The van der Waals surface area contributed by atoms with Crippen molar-refractivity contribution in [2.24, 2.45) is 0 Å². The quantitative estimate of drug-likeness (QED) is 0.838. The van der Waals surface area contributed by atoms with Crippen molar-refractivity contribution in [2.45, 2.75) is 13.0 Å². The maximum absolute atomic E-state index is 13.8. The van der Waals surface area contributed by atoms with Crippen LogP contribution in [0.2, 0.25) is 0 Å². The minimum Gasteiger partial charge on any atom is -0.490 e. The number of rotatable bonds is 5. The number of fused-ring (bicyclic) bond motifs is 1. The SMILES string of the molecule is O=C(CN1CCN(Cc2ccccc2F)CC1)Nc1ccc2c(c1)OCCCO2. The van der Waals surface area contributed by atoms with Gasteiger partial charge in [-0.2, -0.15) is 0 Å². The molecule has 7 heteroatoms. The van der Waals surface area contributed by atoms with Gasteiger partial charge in [0.25, 0.3) is 0 Å². The van der Waals surface area contributed by atoms with E-state index in [0.29, 0.717) is 49.1 Å². The second-order valence-electron chi connectivity index (χ2n) is 7.40. The molecule has 2 aromatic rings. The van der Waals surface area contributed by atoms with E-state index in [9.17, 15) is 9.18 Å². The predicted octanol–water partition coefficient (Wildman–Crippen LogP) is 2.74. The monoisotopic (exact) mass is 399 g/mol. The molecule has 154 valence electrons. The van der Waals surface area contributed by atoms with Crippen LogP contribution in [0.25, 0.3) is 0 Å². The van der Waals surface area contributed by atoms with Gasteiger partial charge >= 0.3 is 0 Å². The summed E-state index contributed by atoms with van der Waals surface area (Å²) in [7, 11) is 0. The molecule has 1 amide bonds.